The molecule has 1 aromatic heterocycles. The van der Waals surface area contributed by atoms with E-state index in [1.165, 1.54) is 29.7 Å². The lowest BCUT2D eigenvalue weighted by Crippen LogP contribution is -2.42. The first kappa shape index (κ1) is 20.2. The second-order valence-electron chi connectivity index (χ2n) is 6.28. The number of carbonyl (C=O) groups excluding carboxylic acids is 3. The number of carbonyl (C=O) groups is 3. The summed E-state index contributed by atoms with van der Waals surface area (Å²) in [6, 6.07) is 6.60. The Morgan fingerprint density at radius 1 is 1.21 bits per heavy atom. The first-order valence-electron chi connectivity index (χ1n) is 8.73. The maximum absolute atomic E-state index is 12.3. The highest BCUT2D eigenvalue weighted by molar-refractivity contribution is 7.10. The van der Waals surface area contributed by atoms with Crippen molar-refractivity contribution in [1.82, 2.24) is 15.8 Å². The Morgan fingerprint density at radius 2 is 2.04 bits per heavy atom. The van der Waals surface area contributed by atoms with Gasteiger partial charge in [0, 0.05) is 35.8 Å². The van der Waals surface area contributed by atoms with Gasteiger partial charge in [0.05, 0.1) is 12.7 Å². The van der Waals surface area contributed by atoms with Crippen LogP contribution in [0.3, 0.4) is 0 Å². The van der Waals surface area contributed by atoms with E-state index in [0.717, 1.165) is 6.42 Å². The van der Waals surface area contributed by atoms with Crippen LogP contribution in [0.1, 0.15) is 33.6 Å². The maximum Gasteiger partial charge on any atom is 0.273 e. The van der Waals surface area contributed by atoms with E-state index in [9.17, 15) is 14.4 Å². The Bertz CT molecular complexity index is 899. The molecule has 1 aliphatic heterocycles. The first-order valence-corrected chi connectivity index (χ1v) is 9.99. The number of hydrogen-bond acceptors (Lipinski definition) is 5. The highest BCUT2D eigenvalue weighted by atomic mass is 35.5. The van der Waals surface area contributed by atoms with Gasteiger partial charge in [0.25, 0.3) is 5.91 Å². The van der Waals surface area contributed by atoms with Gasteiger partial charge in [-0.05, 0) is 41.6 Å². The molecule has 0 aliphatic carbocycles. The Kier molecular flexibility index (Phi) is 6.53. The summed E-state index contributed by atoms with van der Waals surface area (Å²) in [7, 11) is 1.42. The summed E-state index contributed by atoms with van der Waals surface area (Å²) in [6.45, 7) is 1.26. The van der Waals surface area contributed by atoms with E-state index in [2.05, 4.69) is 10.9 Å². The second kappa shape index (κ2) is 9.07. The molecule has 3 rings (SSSR count). The maximum atomic E-state index is 12.3. The summed E-state index contributed by atoms with van der Waals surface area (Å²) in [4.78, 5) is 39.6. The average molecular weight is 422 g/mol. The molecule has 0 unspecified atom stereocenters. The third kappa shape index (κ3) is 4.82. The Hall–Kier alpha value is -2.58. The number of rotatable bonds is 5. The SMILES string of the molecule is COc1cc(Cl)ccc1C(=O)NNC(=O)CCC(=O)N1CCc2sccc2C1. The molecular formula is C19H20ClN3O4S. The fourth-order valence-electron chi connectivity index (χ4n) is 2.95. The van der Waals surface area contributed by atoms with Crippen LogP contribution < -0.4 is 15.6 Å². The van der Waals surface area contributed by atoms with Gasteiger partial charge in [-0.1, -0.05) is 11.6 Å². The molecule has 148 valence electrons. The largest absolute Gasteiger partial charge is 0.496 e. The van der Waals surface area contributed by atoms with Crippen LogP contribution >= 0.6 is 22.9 Å². The van der Waals surface area contributed by atoms with Gasteiger partial charge in [0.1, 0.15) is 5.75 Å². The van der Waals surface area contributed by atoms with E-state index < -0.39 is 11.8 Å². The quantitative estimate of drug-likeness (QED) is 0.726. The number of benzene rings is 1. The van der Waals surface area contributed by atoms with Gasteiger partial charge in [-0.2, -0.15) is 0 Å². The molecule has 0 bridgehead atoms. The molecular weight excluding hydrogens is 402 g/mol. The van der Waals surface area contributed by atoms with Crippen molar-refractivity contribution in [2.45, 2.75) is 25.8 Å². The molecule has 0 atom stereocenters. The van der Waals surface area contributed by atoms with Gasteiger partial charge in [-0.25, -0.2) is 0 Å². The molecule has 28 heavy (non-hydrogen) atoms. The number of nitrogens with zero attached hydrogens (tertiary/aromatic N) is 1. The molecule has 0 radical (unpaired) electrons. The van der Waals surface area contributed by atoms with E-state index in [4.69, 9.17) is 16.3 Å². The van der Waals surface area contributed by atoms with Crippen LogP contribution in [0.5, 0.6) is 5.75 Å². The van der Waals surface area contributed by atoms with E-state index in [-0.39, 0.29) is 24.3 Å². The summed E-state index contributed by atoms with van der Waals surface area (Å²) in [5.74, 6) is -0.748. The van der Waals surface area contributed by atoms with E-state index in [1.54, 1.807) is 22.3 Å². The fraction of sp³-hybridized carbons (Fsp3) is 0.316. The van der Waals surface area contributed by atoms with Crippen LogP contribution in [0.15, 0.2) is 29.6 Å². The molecule has 2 aromatic rings. The number of hydrazine groups is 1. The van der Waals surface area contributed by atoms with Crippen LogP contribution in [-0.2, 0) is 22.6 Å². The molecule has 7 nitrogen and oxygen atoms in total. The van der Waals surface area contributed by atoms with Crippen LogP contribution in [0.25, 0.3) is 0 Å². The standard InChI is InChI=1S/C19H20ClN3O4S/c1-27-15-10-13(20)2-3-14(15)19(26)22-21-17(24)4-5-18(25)23-8-6-16-12(11-23)7-9-28-16/h2-3,7,9-10H,4-6,8,11H2,1H3,(H,21,24)(H,22,26). The highest BCUT2D eigenvalue weighted by Gasteiger charge is 2.22. The van der Waals surface area contributed by atoms with Crippen molar-refractivity contribution in [1.29, 1.82) is 0 Å². The number of ether oxygens (including phenoxy) is 1. The lowest BCUT2D eigenvalue weighted by atomic mass is 10.1. The van der Waals surface area contributed by atoms with Crippen molar-refractivity contribution in [2.24, 2.45) is 0 Å². The fourth-order valence-corrected chi connectivity index (χ4v) is 4.00. The van der Waals surface area contributed by atoms with Gasteiger partial charge in [-0.15, -0.1) is 11.3 Å². The van der Waals surface area contributed by atoms with Gasteiger partial charge >= 0.3 is 0 Å². The van der Waals surface area contributed by atoms with Crippen molar-refractivity contribution in [2.75, 3.05) is 13.7 Å². The number of thiophene rings is 1. The lowest BCUT2D eigenvalue weighted by Gasteiger charge is -2.27. The first-order chi connectivity index (χ1) is 13.5. The van der Waals surface area contributed by atoms with Gasteiger partial charge in [-0.3, -0.25) is 25.2 Å². The smallest absolute Gasteiger partial charge is 0.273 e. The molecule has 0 fully saturated rings. The number of halogens is 1. The van der Waals surface area contributed by atoms with Crippen LogP contribution in [0, 0.1) is 0 Å². The topological polar surface area (TPSA) is 87.7 Å². The molecule has 3 amide bonds. The number of hydrogen-bond donors (Lipinski definition) is 2. The molecule has 0 spiro atoms. The van der Waals surface area contributed by atoms with Crippen molar-refractivity contribution in [3.05, 3.63) is 50.7 Å². The van der Waals surface area contributed by atoms with Crippen molar-refractivity contribution in [3.63, 3.8) is 0 Å². The van der Waals surface area contributed by atoms with Crippen LogP contribution in [0.4, 0.5) is 0 Å². The third-order valence-corrected chi connectivity index (χ3v) is 5.71. The predicted octanol–water partition coefficient (Wildman–Crippen LogP) is 2.54. The van der Waals surface area contributed by atoms with Crippen molar-refractivity contribution >= 4 is 40.7 Å². The van der Waals surface area contributed by atoms with E-state index in [1.807, 2.05) is 11.4 Å². The second-order valence-corrected chi connectivity index (χ2v) is 7.72. The van der Waals surface area contributed by atoms with Gasteiger partial charge in [0.2, 0.25) is 11.8 Å². The zero-order chi connectivity index (χ0) is 20.1. The lowest BCUT2D eigenvalue weighted by molar-refractivity contribution is -0.134. The Balaban J connectivity index is 1.45. The minimum absolute atomic E-state index is 0.0101. The zero-order valence-electron chi connectivity index (χ0n) is 15.3. The Morgan fingerprint density at radius 3 is 2.82 bits per heavy atom. The van der Waals surface area contributed by atoms with Crippen molar-refractivity contribution in [3.8, 4) is 5.75 Å². The normalized spacial score (nSPS) is 12.9. The van der Waals surface area contributed by atoms with E-state index in [0.29, 0.717) is 23.9 Å². The summed E-state index contributed by atoms with van der Waals surface area (Å²) < 4.78 is 5.11. The van der Waals surface area contributed by atoms with Gasteiger partial charge in [0.15, 0.2) is 0 Å². The average Bonchev–Trinajstić information content (AvgIpc) is 3.17. The Labute approximate surface area is 171 Å². The molecule has 2 heterocycles. The summed E-state index contributed by atoms with van der Waals surface area (Å²) in [5.41, 5.74) is 6.06. The van der Waals surface area contributed by atoms with Crippen molar-refractivity contribution < 1.29 is 19.1 Å². The summed E-state index contributed by atoms with van der Waals surface area (Å²) in [5, 5.41) is 2.47. The number of methoxy groups -OCH3 is 1. The third-order valence-electron chi connectivity index (χ3n) is 4.45. The number of amides is 3. The molecule has 1 aliphatic rings. The molecule has 9 heteroatoms. The zero-order valence-corrected chi connectivity index (χ0v) is 16.9. The monoisotopic (exact) mass is 421 g/mol. The van der Waals surface area contributed by atoms with Gasteiger partial charge < -0.3 is 9.64 Å². The molecule has 1 aromatic carbocycles. The number of nitrogens with one attached hydrogen (secondary N) is 2. The highest BCUT2D eigenvalue weighted by Crippen LogP contribution is 2.24. The number of fused-ring (bicyclic) bond motifs is 1. The minimum Gasteiger partial charge on any atom is -0.496 e. The molecule has 0 saturated heterocycles. The van der Waals surface area contributed by atoms with Crippen LogP contribution in [-0.4, -0.2) is 36.3 Å². The minimum atomic E-state index is -0.533. The van der Waals surface area contributed by atoms with E-state index >= 15 is 0 Å². The summed E-state index contributed by atoms with van der Waals surface area (Å²) >= 11 is 7.58. The molecule has 0 saturated carbocycles. The van der Waals surface area contributed by atoms with Crippen LogP contribution in [0.2, 0.25) is 5.02 Å². The summed E-state index contributed by atoms with van der Waals surface area (Å²) in [6.07, 6.45) is 0.930. The molecule has 2 N–H and O–H groups in total. The predicted molar refractivity (Wildman–Crippen MR) is 106 cm³/mol.